The fourth-order valence-electron chi connectivity index (χ4n) is 1.68. The second-order valence-corrected chi connectivity index (χ2v) is 3.98. The lowest BCUT2D eigenvalue weighted by atomic mass is 10.1. The summed E-state index contributed by atoms with van der Waals surface area (Å²) in [7, 11) is 1.75. The summed E-state index contributed by atoms with van der Waals surface area (Å²) >= 11 is 0. The molecular weight excluding hydrogens is 251 g/mol. The van der Waals surface area contributed by atoms with Gasteiger partial charge in [-0.05, 0) is 12.1 Å². The molecule has 2 rings (SSSR count). The number of carboxylic acids is 1. The van der Waals surface area contributed by atoms with Gasteiger partial charge in [0.1, 0.15) is 12.1 Å². The fraction of sp³-hybridized carbons (Fsp3) is 0.250. The van der Waals surface area contributed by atoms with E-state index in [-0.39, 0.29) is 11.3 Å². The summed E-state index contributed by atoms with van der Waals surface area (Å²) in [6, 6.07) is 3.94. The second-order valence-electron chi connectivity index (χ2n) is 3.98. The highest BCUT2D eigenvalue weighted by atomic mass is 19.1. The van der Waals surface area contributed by atoms with Gasteiger partial charge in [-0.1, -0.05) is 6.07 Å². The zero-order valence-electron chi connectivity index (χ0n) is 10.3. The zero-order chi connectivity index (χ0) is 13.8. The lowest BCUT2D eigenvalue weighted by Crippen LogP contribution is -2.12. The number of hydrogen-bond acceptors (Lipinski definition) is 4. The van der Waals surface area contributed by atoms with Gasteiger partial charge in [-0.25, -0.2) is 14.2 Å². The van der Waals surface area contributed by atoms with Crippen LogP contribution in [0.2, 0.25) is 0 Å². The van der Waals surface area contributed by atoms with Gasteiger partial charge in [-0.3, -0.25) is 4.68 Å². The molecule has 0 saturated heterocycles. The maximum absolute atomic E-state index is 13.6. The summed E-state index contributed by atoms with van der Waals surface area (Å²) in [4.78, 5) is 15.0. The normalized spacial score (nSPS) is 10.4. The topological polar surface area (TPSA) is 80.0 Å². The molecule has 0 radical (unpaired) electrons. The summed E-state index contributed by atoms with van der Waals surface area (Å²) < 4.78 is 15.1. The minimum atomic E-state index is -1.17. The van der Waals surface area contributed by atoms with Gasteiger partial charge < -0.3 is 10.4 Å². The van der Waals surface area contributed by atoms with Crippen molar-refractivity contribution in [3.63, 3.8) is 0 Å². The summed E-state index contributed by atoms with van der Waals surface area (Å²) in [6.45, 7) is 0.352. The lowest BCUT2D eigenvalue weighted by Gasteiger charge is -2.09. The van der Waals surface area contributed by atoms with E-state index in [1.54, 1.807) is 18.1 Å². The summed E-state index contributed by atoms with van der Waals surface area (Å²) in [5, 5.41) is 15.8. The Labute approximate surface area is 108 Å². The highest BCUT2D eigenvalue weighted by Gasteiger charge is 2.13. The molecule has 1 aromatic heterocycles. The quantitative estimate of drug-likeness (QED) is 0.851. The first-order valence-corrected chi connectivity index (χ1v) is 5.68. The number of para-hydroxylation sites is 1. The van der Waals surface area contributed by atoms with Crippen LogP contribution in [-0.4, -0.2) is 32.4 Å². The molecule has 0 bridgehead atoms. The molecule has 0 aliphatic heterocycles. The molecule has 100 valence electrons. The summed E-state index contributed by atoms with van der Waals surface area (Å²) in [5.74, 6) is -1.14. The molecule has 0 spiro atoms. The van der Waals surface area contributed by atoms with Gasteiger partial charge in [0.15, 0.2) is 5.82 Å². The molecule has 0 aliphatic rings. The van der Waals surface area contributed by atoms with Gasteiger partial charge in [0.05, 0.1) is 11.3 Å². The smallest absolute Gasteiger partial charge is 0.337 e. The van der Waals surface area contributed by atoms with E-state index < -0.39 is 11.8 Å². The first-order chi connectivity index (χ1) is 9.08. The maximum atomic E-state index is 13.6. The van der Waals surface area contributed by atoms with Gasteiger partial charge in [-0.15, -0.1) is 0 Å². The van der Waals surface area contributed by atoms with E-state index in [1.807, 2.05) is 0 Å². The predicted molar refractivity (Wildman–Crippen MR) is 66.6 cm³/mol. The van der Waals surface area contributed by atoms with E-state index in [9.17, 15) is 9.18 Å². The number of aromatic nitrogens is 3. The van der Waals surface area contributed by atoms with Crippen molar-refractivity contribution in [3.05, 3.63) is 41.7 Å². The minimum absolute atomic E-state index is 0.00840. The van der Waals surface area contributed by atoms with E-state index in [0.29, 0.717) is 18.8 Å². The molecule has 0 fully saturated rings. The largest absolute Gasteiger partial charge is 0.478 e. The van der Waals surface area contributed by atoms with E-state index in [2.05, 4.69) is 15.4 Å². The number of halogens is 1. The third kappa shape index (κ3) is 3.06. The van der Waals surface area contributed by atoms with Crippen molar-refractivity contribution in [3.8, 4) is 0 Å². The average Bonchev–Trinajstić information content (AvgIpc) is 2.77. The molecule has 2 aromatic rings. The molecule has 1 aromatic carbocycles. The van der Waals surface area contributed by atoms with Crippen LogP contribution in [0, 0.1) is 5.82 Å². The van der Waals surface area contributed by atoms with E-state index in [0.717, 1.165) is 0 Å². The first-order valence-electron chi connectivity index (χ1n) is 5.68. The molecule has 1 heterocycles. The monoisotopic (exact) mass is 264 g/mol. The Bertz CT molecular complexity index is 597. The third-order valence-corrected chi connectivity index (χ3v) is 2.54. The number of rotatable bonds is 5. The molecule has 0 amide bonds. The Morgan fingerprint density at radius 1 is 1.53 bits per heavy atom. The Morgan fingerprint density at radius 3 is 2.95 bits per heavy atom. The molecule has 0 aliphatic carbocycles. The number of aryl methyl sites for hydroxylation is 1. The number of nitrogens with zero attached hydrogens (tertiary/aromatic N) is 3. The van der Waals surface area contributed by atoms with Crippen LogP contribution in [0.1, 0.15) is 16.2 Å². The van der Waals surface area contributed by atoms with Crippen molar-refractivity contribution < 1.29 is 14.3 Å². The number of benzene rings is 1. The number of anilines is 1. The number of carbonyl (C=O) groups is 1. The summed E-state index contributed by atoms with van der Waals surface area (Å²) in [5.41, 5.74) is -0.0973. The summed E-state index contributed by atoms with van der Waals surface area (Å²) in [6.07, 6.45) is 2.05. The van der Waals surface area contributed by atoms with Crippen LogP contribution < -0.4 is 5.32 Å². The Morgan fingerprint density at radius 2 is 2.32 bits per heavy atom. The van der Waals surface area contributed by atoms with Crippen LogP contribution in [0.15, 0.2) is 24.5 Å². The fourth-order valence-corrected chi connectivity index (χ4v) is 1.68. The SMILES string of the molecule is Cn1cnc(CCNc2c(F)cccc2C(=O)O)n1. The third-order valence-electron chi connectivity index (χ3n) is 2.54. The lowest BCUT2D eigenvalue weighted by molar-refractivity contribution is 0.0697. The minimum Gasteiger partial charge on any atom is -0.478 e. The number of hydrogen-bond donors (Lipinski definition) is 2. The molecule has 19 heavy (non-hydrogen) atoms. The first kappa shape index (κ1) is 13.0. The molecule has 6 nitrogen and oxygen atoms in total. The van der Waals surface area contributed by atoms with Gasteiger partial charge >= 0.3 is 5.97 Å². The van der Waals surface area contributed by atoms with Crippen molar-refractivity contribution in [1.29, 1.82) is 0 Å². The maximum Gasteiger partial charge on any atom is 0.337 e. The number of nitrogens with one attached hydrogen (secondary N) is 1. The second kappa shape index (κ2) is 5.47. The van der Waals surface area contributed by atoms with E-state index >= 15 is 0 Å². The standard InChI is InChI=1S/C12H13FN4O2/c1-17-7-15-10(16-17)5-6-14-11-8(12(18)19)3-2-4-9(11)13/h2-4,7,14H,5-6H2,1H3,(H,18,19). The molecular formula is C12H13FN4O2. The highest BCUT2D eigenvalue weighted by molar-refractivity contribution is 5.94. The van der Waals surface area contributed by atoms with Crippen LogP contribution in [0.4, 0.5) is 10.1 Å². The van der Waals surface area contributed by atoms with E-state index in [4.69, 9.17) is 5.11 Å². The predicted octanol–water partition coefficient (Wildman–Crippen LogP) is 1.31. The van der Waals surface area contributed by atoms with Gasteiger partial charge in [0.25, 0.3) is 0 Å². The van der Waals surface area contributed by atoms with Crippen molar-refractivity contribution >= 4 is 11.7 Å². The highest BCUT2D eigenvalue weighted by Crippen LogP contribution is 2.19. The number of aromatic carboxylic acids is 1. The van der Waals surface area contributed by atoms with Crippen LogP contribution in [0.25, 0.3) is 0 Å². The van der Waals surface area contributed by atoms with Crippen molar-refractivity contribution in [1.82, 2.24) is 14.8 Å². The van der Waals surface area contributed by atoms with Crippen LogP contribution in [0.3, 0.4) is 0 Å². The molecule has 7 heteroatoms. The molecule has 0 atom stereocenters. The molecule has 2 N–H and O–H groups in total. The van der Waals surface area contributed by atoms with Gasteiger partial charge in [-0.2, -0.15) is 5.10 Å². The van der Waals surface area contributed by atoms with Gasteiger partial charge in [0, 0.05) is 20.0 Å². The Kier molecular flexibility index (Phi) is 3.74. The van der Waals surface area contributed by atoms with Crippen molar-refractivity contribution in [2.45, 2.75) is 6.42 Å². The number of carboxylic acid groups (broad SMARTS) is 1. The van der Waals surface area contributed by atoms with Crippen LogP contribution in [-0.2, 0) is 13.5 Å². The molecule has 0 unspecified atom stereocenters. The van der Waals surface area contributed by atoms with Gasteiger partial charge in [0.2, 0.25) is 0 Å². The van der Waals surface area contributed by atoms with Crippen molar-refractivity contribution in [2.24, 2.45) is 7.05 Å². The average molecular weight is 264 g/mol. The zero-order valence-corrected chi connectivity index (χ0v) is 10.3. The Balaban J connectivity index is 2.05. The van der Waals surface area contributed by atoms with Crippen molar-refractivity contribution in [2.75, 3.05) is 11.9 Å². The Hall–Kier alpha value is -2.44. The van der Waals surface area contributed by atoms with Crippen LogP contribution >= 0.6 is 0 Å². The van der Waals surface area contributed by atoms with Crippen LogP contribution in [0.5, 0.6) is 0 Å². The molecule has 0 saturated carbocycles. The van der Waals surface area contributed by atoms with E-state index in [1.165, 1.54) is 18.2 Å².